The lowest BCUT2D eigenvalue weighted by Gasteiger charge is -2.47. The Morgan fingerprint density at radius 2 is 0.593 bits per heavy atom. The van der Waals surface area contributed by atoms with Crippen molar-refractivity contribution in [1.29, 1.82) is 0 Å². The van der Waals surface area contributed by atoms with Crippen LogP contribution in [0.2, 0.25) is 0 Å². The quantitative estimate of drug-likeness (QED) is 0.147. The molecule has 3 aromatic heterocycles. The summed E-state index contributed by atoms with van der Waals surface area (Å²) in [7, 11) is 6.83. The van der Waals surface area contributed by atoms with E-state index in [2.05, 4.69) is 266 Å². The summed E-state index contributed by atoms with van der Waals surface area (Å²) in [5, 5.41) is 0. The summed E-state index contributed by atoms with van der Waals surface area (Å²) in [4.78, 5) is 0. The Morgan fingerprint density at radius 3 is 0.991 bits per heavy atom. The highest BCUT2D eigenvalue weighted by Gasteiger charge is 2.46. The van der Waals surface area contributed by atoms with Crippen LogP contribution in [0.1, 0.15) is 314 Å². The van der Waals surface area contributed by atoms with Crippen molar-refractivity contribution in [2.24, 2.45) is 53.6 Å². The molecule has 6 saturated carbocycles. The highest BCUT2D eigenvalue weighted by Crippen LogP contribution is 2.59. The topological polar surface area (TPSA) is 11.6 Å². The lowest BCUT2D eigenvalue weighted by Crippen LogP contribution is -2.36. The van der Waals surface area contributed by atoms with Gasteiger partial charge in [0.15, 0.2) is 18.6 Å². The smallest absolute Gasteiger partial charge is 0.201 e. The normalized spacial score (nSPS) is 20.4. The third-order valence-corrected chi connectivity index (χ3v) is 31.2. The maximum Gasteiger partial charge on any atom is 0.213 e. The Balaban J connectivity index is 0.000000124. The predicted octanol–water partition coefficient (Wildman–Crippen LogP) is 26.8. The summed E-state index contributed by atoms with van der Waals surface area (Å²) in [6.07, 6.45) is 44.7. The minimum atomic E-state index is 0.568. The third kappa shape index (κ3) is 14.2. The second-order valence-corrected chi connectivity index (χ2v) is 40.3. The van der Waals surface area contributed by atoms with Gasteiger partial charge in [0.2, 0.25) is 17.1 Å². The molecule has 564 valence electrons. The number of nitrogens with zero attached hydrogens (tertiary/aromatic N) is 3. The second kappa shape index (κ2) is 28.5. The Bertz CT molecular complexity index is 4950. The molecule has 0 N–H and O–H groups in total. The zero-order chi connectivity index (χ0) is 75.7. The van der Waals surface area contributed by atoms with Crippen molar-refractivity contribution in [3.8, 4) is 67.2 Å². The molecular weight excluding hydrogens is 1300 g/mol. The molecule has 0 unspecified atom stereocenters. The van der Waals surface area contributed by atoms with E-state index in [0.717, 1.165) is 37.0 Å². The summed E-state index contributed by atoms with van der Waals surface area (Å²) >= 11 is 0. The molecule has 9 aliphatic carbocycles. The molecule has 0 saturated heterocycles. The number of pyridine rings is 3. The van der Waals surface area contributed by atoms with Crippen LogP contribution in [0.4, 0.5) is 0 Å². The van der Waals surface area contributed by atoms with E-state index in [1.54, 1.807) is 16.7 Å². The lowest BCUT2D eigenvalue weighted by atomic mass is 9.58. The molecule has 3 heteroatoms. The van der Waals surface area contributed by atoms with Gasteiger partial charge in [0.25, 0.3) is 0 Å². The number of aryl methyl sites for hydroxylation is 12. The fraction of sp³-hybridized carbons (Fsp3) is 0.514. The molecule has 18 rings (SSSR count). The fourth-order valence-corrected chi connectivity index (χ4v) is 23.5. The van der Waals surface area contributed by atoms with Crippen molar-refractivity contribution in [2.45, 2.75) is 295 Å². The second-order valence-electron chi connectivity index (χ2n) is 40.3. The van der Waals surface area contributed by atoms with Crippen LogP contribution in [0.5, 0.6) is 0 Å². The minimum Gasteiger partial charge on any atom is -0.201 e. The van der Waals surface area contributed by atoms with Gasteiger partial charge in [0.1, 0.15) is 21.1 Å². The van der Waals surface area contributed by atoms with Gasteiger partial charge in [0, 0.05) is 34.9 Å². The summed E-state index contributed by atoms with van der Waals surface area (Å²) in [6.45, 7) is 35.5. The van der Waals surface area contributed by atoms with Crippen LogP contribution < -0.4 is 13.7 Å². The summed E-state index contributed by atoms with van der Waals surface area (Å²) in [5.74, 6) is 2.17. The number of hydrogen-bond donors (Lipinski definition) is 0. The molecular formula is C105H132N3+3. The minimum absolute atomic E-state index is 0.568. The molecule has 6 aromatic carbocycles. The van der Waals surface area contributed by atoms with E-state index in [1.165, 1.54) is 305 Å². The first-order valence-corrected chi connectivity index (χ1v) is 43.1. The van der Waals surface area contributed by atoms with Crippen molar-refractivity contribution < 1.29 is 13.7 Å². The highest BCUT2D eigenvalue weighted by molar-refractivity contribution is 5.88. The van der Waals surface area contributed by atoms with E-state index >= 15 is 0 Å². The molecule has 9 aromatic rings. The molecule has 0 aliphatic heterocycles. The van der Waals surface area contributed by atoms with E-state index in [4.69, 9.17) is 0 Å². The van der Waals surface area contributed by atoms with Crippen molar-refractivity contribution in [2.75, 3.05) is 0 Å². The molecule has 3 heterocycles. The molecule has 0 amide bonds. The third-order valence-electron chi connectivity index (χ3n) is 31.2. The SMILES string of the molecule is Cc1cc(-c2c(C)ccc3c2Cc2c(C)cccc2-3)[n+](C)cc1C1CCC2(CC1)CCC(C)(C)CC2.Cc1ccc2c(c1)-c1ccc(C)c(-c3cc(C)c(C4CCC5(CC4)CCC(C)(C)CC5)c[n+]3C)c1C2.Cc1ccc2c(c1)Cc1c-2ccc(C)c1-c1cc(C)c(C2CCC3(CC2)CCC(C)(C)CC3)c[n+]1C. The largest absolute Gasteiger partial charge is 0.213 e. The molecule has 6 fully saturated rings. The van der Waals surface area contributed by atoms with Gasteiger partial charge in [-0.3, -0.25) is 0 Å². The van der Waals surface area contributed by atoms with Gasteiger partial charge in [-0.25, -0.2) is 13.7 Å². The first-order chi connectivity index (χ1) is 51.5. The Kier molecular flexibility index (Phi) is 19.8. The Hall–Kier alpha value is -7.23. The van der Waals surface area contributed by atoms with Crippen LogP contribution in [0.15, 0.2) is 128 Å². The van der Waals surface area contributed by atoms with Gasteiger partial charge in [-0.2, -0.15) is 0 Å². The zero-order valence-corrected chi connectivity index (χ0v) is 70.3. The number of aromatic nitrogens is 3. The maximum atomic E-state index is 2.50. The standard InChI is InChI=1S/3C35H44N/c1-23-7-9-28-27(19-23)21-30-29(28)10-8-24(2)33(30)32-20-25(3)31(22-36(32)6)26-11-13-35(14-12-26)17-15-34(4,5)16-18-35;1-23-7-9-27-21-30-28(29(27)19-23)10-8-24(2)33(30)32-20-25(3)31(22-36(32)6)26-11-13-35(14-12-26)17-15-34(4,5)16-18-35;1-23-8-7-9-27-28-11-10-24(2)33(30(28)21-29(23)27)32-20-25(3)31(22-36(32)6)26-12-14-35(15-13-26)18-16-34(4,5)17-19-35/h2*7-10,19-20,22,26H,11-18,21H2,1-6H3;7-11,20,22,26H,12-19,21H2,1-6H3/q3*+1. The van der Waals surface area contributed by atoms with Crippen LogP contribution >= 0.6 is 0 Å². The van der Waals surface area contributed by atoms with Crippen molar-refractivity contribution in [3.63, 3.8) is 0 Å². The van der Waals surface area contributed by atoms with Crippen molar-refractivity contribution in [1.82, 2.24) is 0 Å². The van der Waals surface area contributed by atoms with E-state index in [0.29, 0.717) is 32.5 Å². The van der Waals surface area contributed by atoms with E-state index in [9.17, 15) is 0 Å². The summed E-state index contributed by atoms with van der Waals surface area (Å²) in [6, 6.07) is 42.3. The number of fused-ring (bicyclic) bond motifs is 9. The van der Waals surface area contributed by atoms with Crippen LogP contribution in [0, 0.1) is 94.8 Å². The van der Waals surface area contributed by atoms with Crippen molar-refractivity contribution in [3.05, 3.63) is 228 Å². The highest BCUT2D eigenvalue weighted by atomic mass is 14.9. The first kappa shape index (κ1) is 74.8. The number of benzene rings is 6. The molecule has 0 radical (unpaired) electrons. The molecule has 9 aliphatic rings. The molecule has 3 spiro atoms. The average Bonchev–Trinajstić information content (AvgIpc) is 1.57. The summed E-state index contributed by atoms with van der Waals surface area (Å²) < 4.78 is 7.31. The van der Waals surface area contributed by atoms with Crippen molar-refractivity contribution >= 4 is 0 Å². The van der Waals surface area contributed by atoms with Gasteiger partial charge in [-0.15, -0.1) is 0 Å². The number of rotatable bonds is 6. The Morgan fingerprint density at radius 1 is 0.269 bits per heavy atom. The van der Waals surface area contributed by atoms with Gasteiger partial charge >= 0.3 is 0 Å². The van der Waals surface area contributed by atoms with Crippen LogP contribution in [0.3, 0.4) is 0 Å². The molecule has 3 nitrogen and oxygen atoms in total. The number of hydrogen-bond acceptors (Lipinski definition) is 0. The van der Waals surface area contributed by atoms with Gasteiger partial charge < -0.3 is 0 Å². The lowest BCUT2D eigenvalue weighted by molar-refractivity contribution is -0.661. The van der Waals surface area contributed by atoms with Gasteiger partial charge in [0.05, 0.1) is 16.7 Å². The molecule has 0 bridgehead atoms. The zero-order valence-electron chi connectivity index (χ0n) is 70.3. The van der Waals surface area contributed by atoms with Crippen LogP contribution in [0.25, 0.3) is 67.2 Å². The first-order valence-electron chi connectivity index (χ1n) is 43.1. The van der Waals surface area contributed by atoms with Crippen LogP contribution in [-0.2, 0) is 40.4 Å². The van der Waals surface area contributed by atoms with E-state index < -0.39 is 0 Å². The van der Waals surface area contributed by atoms with Gasteiger partial charge in [-0.05, 0) is 392 Å². The average molecular weight is 1440 g/mol. The predicted molar refractivity (Wildman–Crippen MR) is 454 cm³/mol. The fourth-order valence-electron chi connectivity index (χ4n) is 23.5. The summed E-state index contributed by atoms with van der Waals surface area (Å²) in [5.41, 5.74) is 47.2. The van der Waals surface area contributed by atoms with Gasteiger partial charge in [-0.1, -0.05) is 144 Å². The van der Waals surface area contributed by atoms with Crippen LogP contribution in [-0.4, -0.2) is 0 Å². The van der Waals surface area contributed by atoms with E-state index in [-0.39, 0.29) is 0 Å². The molecule has 108 heavy (non-hydrogen) atoms. The molecule has 0 atom stereocenters. The monoisotopic (exact) mass is 1440 g/mol. The Labute approximate surface area is 653 Å². The maximum absolute atomic E-state index is 2.50. The van der Waals surface area contributed by atoms with E-state index in [1.807, 2.05) is 0 Å².